The Hall–Kier alpha value is -2.34. The van der Waals surface area contributed by atoms with Crippen LogP contribution in [-0.2, 0) is 9.59 Å². The molecule has 6 heteroatoms. The summed E-state index contributed by atoms with van der Waals surface area (Å²) in [5, 5.41) is 8.49. The van der Waals surface area contributed by atoms with Gasteiger partial charge in [-0.05, 0) is 17.7 Å². The van der Waals surface area contributed by atoms with Crippen molar-refractivity contribution in [1.82, 2.24) is 10.4 Å². The van der Waals surface area contributed by atoms with E-state index in [4.69, 9.17) is 5.21 Å². The summed E-state index contributed by atoms with van der Waals surface area (Å²) in [7, 11) is 0. The van der Waals surface area contributed by atoms with E-state index < -0.39 is 5.91 Å². The lowest BCUT2D eigenvalue weighted by atomic mass is 10.1. The molecule has 1 aromatic carbocycles. The largest absolute Gasteiger partial charge is 0.367 e. The molecule has 1 heterocycles. The van der Waals surface area contributed by atoms with Gasteiger partial charge in [-0.25, -0.2) is 5.48 Å². The smallest absolute Gasteiger partial charge is 0.267 e. The first-order valence-electron chi connectivity index (χ1n) is 6.40. The van der Waals surface area contributed by atoms with Crippen molar-refractivity contribution < 1.29 is 14.8 Å². The first-order valence-corrected chi connectivity index (χ1v) is 6.40. The van der Waals surface area contributed by atoms with Crippen LogP contribution in [0.1, 0.15) is 5.56 Å². The Morgan fingerprint density at radius 1 is 1.20 bits per heavy atom. The van der Waals surface area contributed by atoms with E-state index in [0.717, 1.165) is 30.8 Å². The molecule has 6 nitrogen and oxygen atoms in total. The summed E-state index contributed by atoms with van der Waals surface area (Å²) in [6.07, 6.45) is 3.81. The number of benzene rings is 1. The van der Waals surface area contributed by atoms with Crippen LogP contribution in [0.4, 0.5) is 5.69 Å². The zero-order chi connectivity index (χ0) is 14.4. The number of hydrogen-bond acceptors (Lipinski definition) is 4. The van der Waals surface area contributed by atoms with Gasteiger partial charge in [0.2, 0.25) is 6.41 Å². The highest BCUT2D eigenvalue weighted by atomic mass is 16.5. The fourth-order valence-corrected chi connectivity index (χ4v) is 2.19. The molecule has 20 heavy (non-hydrogen) atoms. The minimum atomic E-state index is -0.564. The molecule has 1 fully saturated rings. The van der Waals surface area contributed by atoms with Gasteiger partial charge < -0.3 is 9.80 Å². The van der Waals surface area contributed by atoms with Gasteiger partial charge in [0.05, 0.1) is 0 Å². The minimum absolute atomic E-state index is 0.564. The van der Waals surface area contributed by atoms with E-state index in [1.54, 1.807) is 16.5 Å². The van der Waals surface area contributed by atoms with Crippen LogP contribution in [0.2, 0.25) is 0 Å². The predicted molar refractivity (Wildman–Crippen MR) is 75.3 cm³/mol. The molecule has 2 N–H and O–H groups in total. The molecule has 2 rings (SSSR count). The number of amides is 2. The van der Waals surface area contributed by atoms with Crippen LogP contribution in [-0.4, -0.2) is 48.6 Å². The monoisotopic (exact) mass is 275 g/mol. The molecule has 0 atom stereocenters. The molecule has 0 bridgehead atoms. The summed E-state index contributed by atoms with van der Waals surface area (Å²) in [4.78, 5) is 25.7. The molecule has 0 saturated carbocycles. The quantitative estimate of drug-likeness (QED) is 0.363. The topological polar surface area (TPSA) is 72.9 Å². The number of nitrogens with zero attached hydrogens (tertiary/aromatic N) is 2. The number of nitrogens with one attached hydrogen (secondary N) is 1. The number of carbonyl (C=O) groups excluding carboxylic acids is 2. The van der Waals surface area contributed by atoms with E-state index in [1.807, 2.05) is 24.3 Å². The minimum Gasteiger partial charge on any atom is -0.367 e. The van der Waals surface area contributed by atoms with Crippen LogP contribution < -0.4 is 10.4 Å². The second-order valence-electron chi connectivity index (χ2n) is 4.50. The standard InChI is InChI=1S/C14H17N3O3/c18-11-16-7-9-17(10-8-16)13-4-2-1-3-12(13)5-6-14(19)15-20/h1-6,11,20H,7-10H2,(H,15,19)/b6-5+. The second kappa shape index (κ2) is 6.72. The molecule has 2 amide bonds. The fourth-order valence-electron chi connectivity index (χ4n) is 2.19. The van der Waals surface area contributed by atoms with Crippen molar-refractivity contribution >= 4 is 24.1 Å². The molecule has 0 radical (unpaired) electrons. The first kappa shape index (κ1) is 14.1. The van der Waals surface area contributed by atoms with Crippen LogP contribution >= 0.6 is 0 Å². The van der Waals surface area contributed by atoms with Gasteiger partial charge in [0.25, 0.3) is 5.91 Å². The Morgan fingerprint density at radius 3 is 2.55 bits per heavy atom. The molecular formula is C14H17N3O3. The van der Waals surface area contributed by atoms with Crippen LogP contribution in [0, 0.1) is 0 Å². The Morgan fingerprint density at radius 2 is 1.90 bits per heavy atom. The maximum absolute atomic E-state index is 11.0. The average Bonchev–Trinajstić information content (AvgIpc) is 2.53. The molecule has 0 unspecified atom stereocenters. The third-order valence-corrected chi connectivity index (χ3v) is 3.27. The molecule has 1 aromatic rings. The van der Waals surface area contributed by atoms with E-state index in [1.165, 1.54) is 6.08 Å². The number of para-hydroxylation sites is 1. The Bertz CT molecular complexity index is 508. The van der Waals surface area contributed by atoms with Crippen molar-refractivity contribution in [2.24, 2.45) is 0 Å². The van der Waals surface area contributed by atoms with E-state index in [2.05, 4.69) is 4.90 Å². The summed E-state index contributed by atoms with van der Waals surface area (Å²) in [5.74, 6) is -0.564. The number of hydrogen-bond donors (Lipinski definition) is 2. The lowest BCUT2D eigenvalue weighted by Gasteiger charge is -2.35. The normalized spacial score (nSPS) is 15.4. The molecule has 0 aliphatic carbocycles. The third-order valence-electron chi connectivity index (χ3n) is 3.27. The Labute approximate surface area is 117 Å². The van der Waals surface area contributed by atoms with Gasteiger partial charge in [-0.15, -0.1) is 0 Å². The van der Waals surface area contributed by atoms with Gasteiger partial charge in [-0.2, -0.15) is 0 Å². The van der Waals surface area contributed by atoms with Gasteiger partial charge in [0, 0.05) is 37.9 Å². The van der Waals surface area contributed by atoms with E-state index in [9.17, 15) is 9.59 Å². The highest BCUT2D eigenvalue weighted by molar-refractivity contribution is 5.91. The summed E-state index contributed by atoms with van der Waals surface area (Å²) < 4.78 is 0. The molecule has 1 aliphatic heterocycles. The molecule has 0 spiro atoms. The van der Waals surface area contributed by atoms with Gasteiger partial charge in [-0.3, -0.25) is 14.8 Å². The van der Waals surface area contributed by atoms with Crippen molar-refractivity contribution in [1.29, 1.82) is 0 Å². The average molecular weight is 275 g/mol. The van der Waals surface area contributed by atoms with Gasteiger partial charge in [-0.1, -0.05) is 18.2 Å². The van der Waals surface area contributed by atoms with Gasteiger partial charge in [0.15, 0.2) is 0 Å². The van der Waals surface area contributed by atoms with Crippen molar-refractivity contribution in [3.8, 4) is 0 Å². The van der Waals surface area contributed by atoms with Crippen LogP contribution in [0.5, 0.6) is 0 Å². The van der Waals surface area contributed by atoms with Gasteiger partial charge >= 0.3 is 0 Å². The zero-order valence-corrected chi connectivity index (χ0v) is 11.0. The number of anilines is 1. The maximum atomic E-state index is 11.0. The van der Waals surface area contributed by atoms with E-state index >= 15 is 0 Å². The summed E-state index contributed by atoms with van der Waals surface area (Å²) in [6.45, 7) is 2.91. The van der Waals surface area contributed by atoms with Crippen molar-refractivity contribution in [2.75, 3.05) is 31.1 Å². The molecule has 1 aliphatic rings. The van der Waals surface area contributed by atoms with Gasteiger partial charge in [0.1, 0.15) is 0 Å². The second-order valence-corrected chi connectivity index (χ2v) is 4.50. The fraction of sp³-hybridized carbons (Fsp3) is 0.286. The lowest BCUT2D eigenvalue weighted by molar-refractivity contribution is -0.124. The third kappa shape index (κ3) is 3.36. The molecule has 106 valence electrons. The van der Waals surface area contributed by atoms with Crippen molar-refractivity contribution in [3.05, 3.63) is 35.9 Å². The Balaban J connectivity index is 2.14. The highest BCUT2D eigenvalue weighted by Crippen LogP contribution is 2.22. The summed E-state index contributed by atoms with van der Waals surface area (Å²) in [5.41, 5.74) is 3.48. The van der Waals surface area contributed by atoms with E-state index in [0.29, 0.717) is 13.1 Å². The van der Waals surface area contributed by atoms with Crippen molar-refractivity contribution in [3.63, 3.8) is 0 Å². The van der Waals surface area contributed by atoms with Crippen LogP contribution in [0.3, 0.4) is 0 Å². The van der Waals surface area contributed by atoms with E-state index in [-0.39, 0.29) is 0 Å². The number of piperazine rings is 1. The SMILES string of the molecule is O=CN1CCN(c2ccccc2/C=C/C(=O)NO)CC1. The zero-order valence-electron chi connectivity index (χ0n) is 11.0. The summed E-state index contributed by atoms with van der Waals surface area (Å²) >= 11 is 0. The number of carbonyl (C=O) groups is 2. The molecule has 1 saturated heterocycles. The Kier molecular flexibility index (Phi) is 4.73. The molecular weight excluding hydrogens is 258 g/mol. The van der Waals surface area contributed by atoms with Crippen LogP contribution in [0.15, 0.2) is 30.3 Å². The molecule has 0 aromatic heterocycles. The maximum Gasteiger partial charge on any atom is 0.267 e. The number of rotatable bonds is 4. The summed E-state index contributed by atoms with van der Waals surface area (Å²) in [6, 6.07) is 7.71. The van der Waals surface area contributed by atoms with Crippen LogP contribution in [0.25, 0.3) is 6.08 Å². The lowest BCUT2D eigenvalue weighted by Crippen LogP contribution is -2.45. The highest BCUT2D eigenvalue weighted by Gasteiger charge is 2.17. The first-order chi connectivity index (χ1) is 9.74. The predicted octanol–water partition coefficient (Wildman–Crippen LogP) is 0.484. The number of hydroxylamine groups is 1. The van der Waals surface area contributed by atoms with Crippen molar-refractivity contribution in [2.45, 2.75) is 0 Å².